The summed E-state index contributed by atoms with van der Waals surface area (Å²) in [5, 5.41) is 4.82. The summed E-state index contributed by atoms with van der Waals surface area (Å²) in [5.74, 6) is 0.00482. The van der Waals surface area contributed by atoms with Crippen molar-refractivity contribution in [3.8, 4) is 0 Å². The van der Waals surface area contributed by atoms with E-state index in [0.29, 0.717) is 11.4 Å². The molecule has 130 valence electrons. The van der Waals surface area contributed by atoms with Gasteiger partial charge in [0.2, 0.25) is 5.91 Å². The lowest BCUT2D eigenvalue weighted by Gasteiger charge is -2.18. The van der Waals surface area contributed by atoms with E-state index in [9.17, 15) is 4.79 Å². The summed E-state index contributed by atoms with van der Waals surface area (Å²) in [7, 11) is 3.88. The van der Waals surface area contributed by atoms with Crippen LogP contribution in [0.25, 0.3) is 10.9 Å². The second-order valence-electron chi connectivity index (χ2n) is 6.32. The van der Waals surface area contributed by atoms with Crippen LogP contribution in [0, 0.1) is 0 Å². The Balaban J connectivity index is 1.59. The van der Waals surface area contributed by atoms with Gasteiger partial charge in [0.15, 0.2) is 0 Å². The van der Waals surface area contributed by atoms with E-state index in [-0.39, 0.29) is 5.91 Å². The SMILES string of the molecule is CN(C)c1ccc(Cl)cc1NC(=O)CCCc1c[nH]c2ccccc12. The number of aromatic nitrogens is 1. The first-order chi connectivity index (χ1) is 12.0. The molecule has 3 aromatic rings. The molecule has 2 aromatic carbocycles. The van der Waals surface area contributed by atoms with Gasteiger partial charge in [-0.05, 0) is 42.7 Å². The highest BCUT2D eigenvalue weighted by Gasteiger charge is 2.10. The number of fused-ring (bicyclic) bond motifs is 1. The molecule has 5 heteroatoms. The van der Waals surface area contributed by atoms with Crippen LogP contribution < -0.4 is 10.2 Å². The van der Waals surface area contributed by atoms with Crippen molar-refractivity contribution in [1.29, 1.82) is 0 Å². The summed E-state index contributed by atoms with van der Waals surface area (Å²) in [6.07, 6.45) is 4.17. The number of nitrogens with zero attached hydrogens (tertiary/aromatic N) is 1. The van der Waals surface area contributed by atoms with Crippen LogP contribution in [0.1, 0.15) is 18.4 Å². The van der Waals surface area contributed by atoms with Crippen molar-refractivity contribution in [2.75, 3.05) is 24.3 Å². The number of hydrogen-bond donors (Lipinski definition) is 2. The summed E-state index contributed by atoms with van der Waals surface area (Å²) < 4.78 is 0. The number of anilines is 2. The number of nitrogens with one attached hydrogen (secondary N) is 2. The molecular weight excluding hydrogens is 334 g/mol. The Hall–Kier alpha value is -2.46. The molecule has 1 heterocycles. The number of benzene rings is 2. The molecule has 0 saturated heterocycles. The summed E-state index contributed by atoms with van der Waals surface area (Å²) in [4.78, 5) is 17.5. The minimum Gasteiger partial charge on any atom is -0.376 e. The zero-order valence-electron chi connectivity index (χ0n) is 14.5. The van der Waals surface area contributed by atoms with Crippen molar-refractivity contribution in [1.82, 2.24) is 4.98 Å². The van der Waals surface area contributed by atoms with Crippen LogP contribution >= 0.6 is 11.6 Å². The topological polar surface area (TPSA) is 48.1 Å². The van der Waals surface area contributed by atoms with Crippen molar-refractivity contribution in [3.63, 3.8) is 0 Å². The molecule has 0 atom stereocenters. The molecule has 0 spiro atoms. The first-order valence-corrected chi connectivity index (χ1v) is 8.74. The molecule has 0 radical (unpaired) electrons. The minimum atomic E-state index is 0.00482. The number of aromatic amines is 1. The van der Waals surface area contributed by atoms with E-state index in [1.807, 2.05) is 49.5 Å². The fraction of sp³-hybridized carbons (Fsp3) is 0.250. The molecule has 25 heavy (non-hydrogen) atoms. The molecule has 1 aromatic heterocycles. The van der Waals surface area contributed by atoms with Gasteiger partial charge in [-0.25, -0.2) is 0 Å². The summed E-state index contributed by atoms with van der Waals surface area (Å²) >= 11 is 6.06. The molecule has 0 unspecified atom stereocenters. The van der Waals surface area contributed by atoms with Crippen LogP contribution in [-0.2, 0) is 11.2 Å². The highest BCUT2D eigenvalue weighted by Crippen LogP contribution is 2.28. The molecule has 0 bridgehead atoms. The third-order valence-corrected chi connectivity index (χ3v) is 4.47. The number of aryl methyl sites for hydroxylation is 1. The average molecular weight is 356 g/mol. The number of halogens is 1. The third-order valence-electron chi connectivity index (χ3n) is 4.24. The third kappa shape index (κ3) is 4.15. The quantitative estimate of drug-likeness (QED) is 0.664. The summed E-state index contributed by atoms with van der Waals surface area (Å²) in [5.41, 5.74) is 4.07. The van der Waals surface area contributed by atoms with Crippen LogP contribution in [0.4, 0.5) is 11.4 Å². The van der Waals surface area contributed by atoms with E-state index in [4.69, 9.17) is 11.6 Å². The van der Waals surface area contributed by atoms with Crippen molar-refractivity contribution in [3.05, 3.63) is 59.2 Å². The van der Waals surface area contributed by atoms with Crippen LogP contribution in [0.15, 0.2) is 48.7 Å². The lowest BCUT2D eigenvalue weighted by molar-refractivity contribution is -0.116. The van der Waals surface area contributed by atoms with Crippen LogP contribution in [0.3, 0.4) is 0 Å². The van der Waals surface area contributed by atoms with Gasteiger partial charge in [0, 0.05) is 42.6 Å². The largest absolute Gasteiger partial charge is 0.376 e. The maximum absolute atomic E-state index is 12.3. The lowest BCUT2D eigenvalue weighted by atomic mass is 10.1. The smallest absolute Gasteiger partial charge is 0.224 e. The van der Waals surface area contributed by atoms with E-state index in [1.54, 1.807) is 6.07 Å². The number of carbonyl (C=O) groups is 1. The Morgan fingerprint density at radius 2 is 2.00 bits per heavy atom. The molecule has 3 rings (SSSR count). The number of para-hydroxylation sites is 1. The van der Waals surface area contributed by atoms with E-state index in [2.05, 4.69) is 22.4 Å². The van der Waals surface area contributed by atoms with Crippen LogP contribution in [-0.4, -0.2) is 25.0 Å². The standard InChI is InChI=1S/C20H22ClN3O/c1-24(2)19-11-10-15(21)12-18(19)23-20(25)9-5-6-14-13-22-17-8-4-3-7-16(14)17/h3-4,7-8,10-13,22H,5-6,9H2,1-2H3,(H,23,25). The lowest BCUT2D eigenvalue weighted by Crippen LogP contribution is -2.16. The predicted octanol–water partition coefficient (Wildman–Crippen LogP) is 4.85. The first kappa shape index (κ1) is 17.4. The van der Waals surface area contributed by atoms with Crippen molar-refractivity contribution in [2.24, 2.45) is 0 Å². The van der Waals surface area contributed by atoms with E-state index in [0.717, 1.165) is 29.7 Å². The predicted molar refractivity (Wildman–Crippen MR) is 106 cm³/mol. The highest BCUT2D eigenvalue weighted by atomic mass is 35.5. The normalized spacial score (nSPS) is 10.8. The van der Waals surface area contributed by atoms with Gasteiger partial charge in [0.05, 0.1) is 11.4 Å². The van der Waals surface area contributed by atoms with Gasteiger partial charge >= 0.3 is 0 Å². The van der Waals surface area contributed by atoms with Gasteiger partial charge in [0.1, 0.15) is 0 Å². The zero-order valence-corrected chi connectivity index (χ0v) is 15.2. The summed E-state index contributed by atoms with van der Waals surface area (Å²) in [6.45, 7) is 0. The molecule has 0 fully saturated rings. The van der Waals surface area contributed by atoms with Crippen molar-refractivity contribution >= 4 is 39.8 Å². The number of carbonyl (C=O) groups excluding carboxylic acids is 1. The first-order valence-electron chi connectivity index (χ1n) is 8.36. The molecular formula is C20H22ClN3O. The molecule has 4 nitrogen and oxygen atoms in total. The van der Waals surface area contributed by atoms with E-state index < -0.39 is 0 Å². The Kier molecular flexibility index (Phi) is 5.29. The van der Waals surface area contributed by atoms with Crippen LogP contribution in [0.5, 0.6) is 0 Å². The Labute approximate surface area is 152 Å². The van der Waals surface area contributed by atoms with Crippen LogP contribution in [0.2, 0.25) is 5.02 Å². The molecule has 0 aliphatic heterocycles. The van der Waals surface area contributed by atoms with Gasteiger partial charge in [-0.15, -0.1) is 0 Å². The second-order valence-corrected chi connectivity index (χ2v) is 6.75. The molecule has 1 amide bonds. The van der Waals surface area contributed by atoms with Gasteiger partial charge in [-0.3, -0.25) is 4.79 Å². The average Bonchev–Trinajstić information content (AvgIpc) is 2.98. The Morgan fingerprint density at radius 3 is 2.80 bits per heavy atom. The Morgan fingerprint density at radius 1 is 1.20 bits per heavy atom. The van der Waals surface area contributed by atoms with Crippen molar-refractivity contribution < 1.29 is 4.79 Å². The van der Waals surface area contributed by atoms with Gasteiger partial charge in [-0.1, -0.05) is 29.8 Å². The zero-order chi connectivity index (χ0) is 17.8. The molecule has 0 aliphatic carbocycles. The minimum absolute atomic E-state index is 0.00482. The maximum Gasteiger partial charge on any atom is 0.224 e. The van der Waals surface area contributed by atoms with Crippen molar-refractivity contribution in [2.45, 2.75) is 19.3 Å². The second kappa shape index (κ2) is 7.62. The van der Waals surface area contributed by atoms with E-state index >= 15 is 0 Å². The molecule has 2 N–H and O–H groups in total. The van der Waals surface area contributed by atoms with Gasteiger partial charge in [-0.2, -0.15) is 0 Å². The fourth-order valence-corrected chi connectivity index (χ4v) is 3.16. The fourth-order valence-electron chi connectivity index (χ4n) is 2.99. The van der Waals surface area contributed by atoms with Gasteiger partial charge in [0.25, 0.3) is 0 Å². The van der Waals surface area contributed by atoms with E-state index in [1.165, 1.54) is 10.9 Å². The number of H-pyrrole nitrogens is 1. The summed E-state index contributed by atoms with van der Waals surface area (Å²) in [6, 6.07) is 13.7. The number of hydrogen-bond acceptors (Lipinski definition) is 2. The number of rotatable bonds is 6. The Bertz CT molecular complexity index is 886. The highest BCUT2D eigenvalue weighted by molar-refractivity contribution is 6.31. The van der Waals surface area contributed by atoms with Gasteiger partial charge < -0.3 is 15.2 Å². The number of amides is 1. The molecule has 0 saturated carbocycles. The maximum atomic E-state index is 12.3. The molecule has 0 aliphatic rings. The monoisotopic (exact) mass is 355 g/mol.